The Hall–Kier alpha value is -0.910. The number of hydrogen-bond acceptors (Lipinski definition) is 3. The minimum atomic E-state index is -0.492. The molecule has 0 radical (unpaired) electrons. The number of nitrogens with two attached hydrogens (primary N) is 1. The van der Waals surface area contributed by atoms with Gasteiger partial charge in [-0.25, -0.2) is 5.84 Å². The Labute approximate surface area is 103 Å². The summed E-state index contributed by atoms with van der Waals surface area (Å²) in [5.41, 5.74) is 3.11. The van der Waals surface area contributed by atoms with E-state index in [0.29, 0.717) is 13.0 Å². The van der Waals surface area contributed by atoms with Gasteiger partial charge in [0.25, 0.3) is 5.91 Å². The average Bonchev–Trinajstić information content (AvgIpc) is 2.31. The Bertz CT molecular complexity index is 340. The first-order valence-corrected chi connectivity index (χ1v) is 5.83. The monoisotopic (exact) mass is 286 g/mol. The zero-order chi connectivity index (χ0) is 12.0. The van der Waals surface area contributed by atoms with Gasteiger partial charge in [-0.05, 0) is 24.1 Å². The molecule has 0 saturated heterocycles. The van der Waals surface area contributed by atoms with Gasteiger partial charge in [-0.3, -0.25) is 10.2 Å². The van der Waals surface area contributed by atoms with Gasteiger partial charge in [-0.1, -0.05) is 35.0 Å². The summed E-state index contributed by atoms with van der Waals surface area (Å²) in [5, 5.41) is 0. The van der Waals surface area contributed by atoms with E-state index in [1.807, 2.05) is 31.2 Å². The van der Waals surface area contributed by atoms with Crippen LogP contribution in [0.25, 0.3) is 0 Å². The zero-order valence-electron chi connectivity index (χ0n) is 9.07. The molecule has 0 aromatic heterocycles. The fraction of sp³-hybridized carbons (Fsp3) is 0.364. The van der Waals surface area contributed by atoms with E-state index in [0.717, 1.165) is 10.0 Å². The van der Waals surface area contributed by atoms with E-state index in [2.05, 4.69) is 21.4 Å². The molecule has 1 aromatic rings. The topological polar surface area (TPSA) is 64.3 Å². The number of hydrazine groups is 1. The van der Waals surface area contributed by atoms with Crippen molar-refractivity contribution < 1.29 is 9.53 Å². The standard InChI is InChI=1S/C11H15BrN2O2/c1-2-10(11(15)14-13)16-7-8-3-5-9(12)6-4-8/h3-6,10H,2,7,13H2,1H3,(H,14,15). The second-order valence-electron chi connectivity index (χ2n) is 3.34. The molecule has 0 spiro atoms. The van der Waals surface area contributed by atoms with Crippen molar-refractivity contribution in [3.63, 3.8) is 0 Å². The van der Waals surface area contributed by atoms with Gasteiger partial charge in [0.1, 0.15) is 6.10 Å². The highest BCUT2D eigenvalue weighted by Gasteiger charge is 2.15. The van der Waals surface area contributed by atoms with Crippen molar-refractivity contribution >= 4 is 21.8 Å². The molecule has 88 valence electrons. The van der Waals surface area contributed by atoms with Crippen LogP contribution in [0.1, 0.15) is 18.9 Å². The summed E-state index contributed by atoms with van der Waals surface area (Å²) in [6, 6.07) is 7.75. The molecule has 0 aliphatic carbocycles. The van der Waals surface area contributed by atoms with E-state index in [1.54, 1.807) is 0 Å². The van der Waals surface area contributed by atoms with E-state index in [-0.39, 0.29) is 5.91 Å². The third-order valence-corrected chi connectivity index (χ3v) is 2.70. The van der Waals surface area contributed by atoms with E-state index in [9.17, 15) is 4.79 Å². The van der Waals surface area contributed by atoms with Crippen LogP contribution >= 0.6 is 15.9 Å². The minimum Gasteiger partial charge on any atom is -0.364 e. The molecule has 5 heteroatoms. The molecule has 4 nitrogen and oxygen atoms in total. The highest BCUT2D eigenvalue weighted by atomic mass is 79.9. The van der Waals surface area contributed by atoms with Crippen LogP contribution < -0.4 is 11.3 Å². The quantitative estimate of drug-likeness (QED) is 0.492. The van der Waals surface area contributed by atoms with Crippen LogP contribution in [-0.2, 0) is 16.1 Å². The molecule has 3 N–H and O–H groups in total. The molecule has 1 aromatic carbocycles. The number of carbonyl (C=O) groups is 1. The Morgan fingerprint density at radius 3 is 2.62 bits per heavy atom. The van der Waals surface area contributed by atoms with Crippen molar-refractivity contribution in [3.8, 4) is 0 Å². The van der Waals surface area contributed by atoms with E-state index in [4.69, 9.17) is 10.6 Å². The molecule has 1 rings (SSSR count). The third kappa shape index (κ3) is 3.92. The normalized spacial score (nSPS) is 12.2. The summed E-state index contributed by atoms with van der Waals surface area (Å²) in [5.74, 6) is 4.76. The maximum Gasteiger partial charge on any atom is 0.262 e. The molecule has 16 heavy (non-hydrogen) atoms. The fourth-order valence-electron chi connectivity index (χ4n) is 1.25. The third-order valence-electron chi connectivity index (χ3n) is 2.17. The maximum absolute atomic E-state index is 11.2. The van der Waals surface area contributed by atoms with Crippen LogP contribution in [-0.4, -0.2) is 12.0 Å². The lowest BCUT2D eigenvalue weighted by molar-refractivity contribution is -0.133. The molecular formula is C11H15BrN2O2. The lowest BCUT2D eigenvalue weighted by atomic mass is 10.2. The number of amides is 1. The van der Waals surface area contributed by atoms with Gasteiger partial charge < -0.3 is 4.74 Å². The summed E-state index contributed by atoms with van der Waals surface area (Å²) < 4.78 is 6.48. The zero-order valence-corrected chi connectivity index (χ0v) is 10.7. The molecule has 1 amide bonds. The summed E-state index contributed by atoms with van der Waals surface area (Å²) in [4.78, 5) is 11.2. The highest BCUT2D eigenvalue weighted by molar-refractivity contribution is 9.10. The van der Waals surface area contributed by atoms with Crippen molar-refractivity contribution in [1.82, 2.24) is 5.43 Å². The summed E-state index contributed by atoms with van der Waals surface area (Å²) in [6.45, 7) is 2.28. The Balaban J connectivity index is 2.49. The van der Waals surface area contributed by atoms with Crippen LogP contribution in [0.15, 0.2) is 28.7 Å². The predicted molar refractivity (Wildman–Crippen MR) is 65.3 cm³/mol. The first kappa shape index (κ1) is 13.2. The number of ether oxygens (including phenoxy) is 1. The van der Waals surface area contributed by atoms with Gasteiger partial charge in [0.15, 0.2) is 0 Å². The van der Waals surface area contributed by atoms with Gasteiger partial charge in [0.05, 0.1) is 6.61 Å². The Morgan fingerprint density at radius 1 is 1.50 bits per heavy atom. The highest BCUT2D eigenvalue weighted by Crippen LogP contribution is 2.12. The summed E-state index contributed by atoms with van der Waals surface area (Å²) >= 11 is 3.35. The second-order valence-corrected chi connectivity index (χ2v) is 4.26. The van der Waals surface area contributed by atoms with E-state index < -0.39 is 6.10 Å². The Kier molecular flexibility index (Phi) is 5.45. The largest absolute Gasteiger partial charge is 0.364 e. The van der Waals surface area contributed by atoms with Gasteiger partial charge in [-0.15, -0.1) is 0 Å². The van der Waals surface area contributed by atoms with Crippen molar-refractivity contribution in [3.05, 3.63) is 34.3 Å². The molecule has 0 heterocycles. The van der Waals surface area contributed by atoms with Gasteiger partial charge in [-0.2, -0.15) is 0 Å². The number of carbonyl (C=O) groups excluding carboxylic acids is 1. The average molecular weight is 287 g/mol. The molecule has 1 atom stereocenters. The number of nitrogens with one attached hydrogen (secondary N) is 1. The Morgan fingerprint density at radius 2 is 2.12 bits per heavy atom. The summed E-state index contributed by atoms with van der Waals surface area (Å²) in [6.07, 6.45) is 0.105. The number of halogens is 1. The van der Waals surface area contributed by atoms with Crippen LogP contribution in [0.3, 0.4) is 0 Å². The second kappa shape index (κ2) is 6.62. The fourth-order valence-corrected chi connectivity index (χ4v) is 1.51. The van der Waals surface area contributed by atoms with Crippen molar-refractivity contribution in [2.45, 2.75) is 26.1 Å². The number of hydrogen-bond donors (Lipinski definition) is 2. The number of rotatable bonds is 5. The maximum atomic E-state index is 11.2. The van der Waals surface area contributed by atoms with E-state index >= 15 is 0 Å². The smallest absolute Gasteiger partial charge is 0.262 e. The van der Waals surface area contributed by atoms with Crippen molar-refractivity contribution in [2.75, 3.05) is 0 Å². The molecule has 0 bridgehead atoms. The SMILES string of the molecule is CCC(OCc1ccc(Br)cc1)C(=O)NN. The first-order valence-electron chi connectivity index (χ1n) is 5.04. The van der Waals surface area contributed by atoms with Gasteiger partial charge in [0.2, 0.25) is 0 Å². The lowest BCUT2D eigenvalue weighted by Gasteiger charge is -2.14. The molecule has 1 unspecified atom stereocenters. The minimum absolute atomic E-state index is 0.292. The van der Waals surface area contributed by atoms with Crippen molar-refractivity contribution in [1.29, 1.82) is 0 Å². The molecule has 0 aliphatic rings. The lowest BCUT2D eigenvalue weighted by Crippen LogP contribution is -2.40. The van der Waals surface area contributed by atoms with Crippen LogP contribution in [0.2, 0.25) is 0 Å². The molecule has 0 aliphatic heterocycles. The molecular weight excluding hydrogens is 272 g/mol. The number of benzene rings is 1. The van der Waals surface area contributed by atoms with E-state index in [1.165, 1.54) is 0 Å². The molecule has 0 fully saturated rings. The summed E-state index contributed by atoms with van der Waals surface area (Å²) in [7, 11) is 0. The van der Waals surface area contributed by atoms with Crippen LogP contribution in [0.5, 0.6) is 0 Å². The van der Waals surface area contributed by atoms with Crippen LogP contribution in [0.4, 0.5) is 0 Å². The first-order chi connectivity index (χ1) is 7.67. The molecule has 0 saturated carbocycles. The van der Waals surface area contributed by atoms with Crippen molar-refractivity contribution in [2.24, 2.45) is 5.84 Å². The van der Waals surface area contributed by atoms with Crippen LogP contribution in [0, 0.1) is 0 Å². The van der Waals surface area contributed by atoms with Gasteiger partial charge >= 0.3 is 0 Å². The van der Waals surface area contributed by atoms with Gasteiger partial charge in [0, 0.05) is 4.47 Å². The predicted octanol–water partition coefficient (Wildman–Crippen LogP) is 1.73.